The van der Waals surface area contributed by atoms with Crippen molar-refractivity contribution in [3.05, 3.63) is 29.3 Å². The lowest BCUT2D eigenvalue weighted by Gasteiger charge is -2.08. The highest BCUT2D eigenvalue weighted by molar-refractivity contribution is 5.39. The molecule has 3 heteroatoms. The second kappa shape index (κ2) is 4.07. The molecule has 0 bridgehead atoms. The molecule has 12 heavy (non-hydrogen) atoms. The van der Waals surface area contributed by atoms with Gasteiger partial charge in [0, 0.05) is 5.56 Å². The molecule has 0 spiro atoms. The van der Waals surface area contributed by atoms with Gasteiger partial charge in [-0.15, -0.1) is 0 Å². The normalized spacial score (nSPS) is 9.92. The van der Waals surface area contributed by atoms with Crippen LogP contribution in [-0.4, -0.2) is 12.2 Å². The summed E-state index contributed by atoms with van der Waals surface area (Å²) in [5, 5.41) is 8.85. The summed E-state index contributed by atoms with van der Waals surface area (Å²) in [6.45, 7) is -0.768. The number of ether oxygens (including phenoxy) is 1. The predicted octanol–water partition coefficient (Wildman–Crippen LogP) is 1.66. The first-order chi connectivity index (χ1) is 5.83. The Morgan fingerprint density at radius 1 is 1.50 bits per heavy atom. The first kappa shape index (κ1) is 9.00. The number of aliphatic hydroxyl groups excluding tert-OH is 1. The first-order valence-electron chi connectivity index (χ1n) is 3.65. The van der Waals surface area contributed by atoms with E-state index in [1.54, 1.807) is 18.2 Å². The molecule has 1 N–H and O–H groups in total. The van der Waals surface area contributed by atoms with E-state index in [2.05, 4.69) is 0 Å². The van der Waals surface area contributed by atoms with Crippen molar-refractivity contribution < 1.29 is 14.2 Å². The Kier molecular flexibility index (Phi) is 3.05. The van der Waals surface area contributed by atoms with Gasteiger partial charge in [-0.3, -0.25) is 0 Å². The summed E-state index contributed by atoms with van der Waals surface area (Å²) in [5.41, 5.74) is 1.01. The van der Waals surface area contributed by atoms with Crippen LogP contribution in [0, 0.1) is 0 Å². The summed E-state index contributed by atoms with van der Waals surface area (Å²) in [6, 6.07) is 5.08. The second-order valence-corrected chi connectivity index (χ2v) is 2.39. The highest BCUT2D eigenvalue weighted by Crippen LogP contribution is 2.22. The molecule has 2 nitrogen and oxygen atoms in total. The minimum absolute atomic E-state index is 0.156. The number of benzene rings is 1. The lowest BCUT2D eigenvalue weighted by atomic mass is 10.1. The third kappa shape index (κ3) is 1.56. The van der Waals surface area contributed by atoms with Gasteiger partial charge in [-0.05, 0) is 11.6 Å². The van der Waals surface area contributed by atoms with Gasteiger partial charge in [-0.1, -0.05) is 12.1 Å². The Labute approximate surface area is 70.6 Å². The fraction of sp³-hybridized carbons (Fsp3) is 0.333. The fourth-order valence-corrected chi connectivity index (χ4v) is 1.10. The average Bonchev–Trinajstić information content (AvgIpc) is 2.16. The fourth-order valence-electron chi connectivity index (χ4n) is 1.10. The van der Waals surface area contributed by atoms with Gasteiger partial charge in [0.2, 0.25) is 0 Å². The largest absolute Gasteiger partial charge is 0.496 e. The average molecular weight is 170 g/mol. The van der Waals surface area contributed by atoms with E-state index in [4.69, 9.17) is 9.84 Å². The number of rotatable bonds is 3. The number of hydrogen-bond donors (Lipinski definition) is 1. The molecule has 0 unspecified atom stereocenters. The maximum absolute atomic E-state index is 12.4. The second-order valence-electron chi connectivity index (χ2n) is 2.39. The van der Waals surface area contributed by atoms with Gasteiger partial charge in [0.05, 0.1) is 13.7 Å². The summed E-state index contributed by atoms with van der Waals surface area (Å²) >= 11 is 0. The molecule has 0 heterocycles. The van der Waals surface area contributed by atoms with Crippen molar-refractivity contribution in [2.24, 2.45) is 0 Å². The molecule has 66 valence electrons. The van der Waals surface area contributed by atoms with E-state index < -0.39 is 6.67 Å². The van der Waals surface area contributed by atoms with Gasteiger partial charge in [0.25, 0.3) is 0 Å². The minimum Gasteiger partial charge on any atom is -0.496 e. The van der Waals surface area contributed by atoms with Crippen LogP contribution in [-0.2, 0) is 13.3 Å². The standard InChI is InChI=1S/C9H11FO2/c1-12-9-4-2-3-7(6-11)8(9)5-10/h2-4,11H,5-6H2,1H3. The Balaban J connectivity index is 3.13. The maximum atomic E-state index is 12.4. The van der Waals surface area contributed by atoms with Gasteiger partial charge in [0.1, 0.15) is 12.4 Å². The molecule has 0 aliphatic rings. The lowest BCUT2D eigenvalue weighted by Crippen LogP contribution is -1.95. The van der Waals surface area contributed by atoms with Crippen LogP contribution in [0.2, 0.25) is 0 Å². The third-order valence-corrected chi connectivity index (χ3v) is 1.75. The molecule has 1 rings (SSSR count). The molecule has 0 fully saturated rings. The molecule has 1 aromatic carbocycles. The number of alkyl halides is 1. The zero-order chi connectivity index (χ0) is 8.97. The van der Waals surface area contributed by atoms with E-state index in [0.717, 1.165) is 0 Å². The van der Waals surface area contributed by atoms with E-state index >= 15 is 0 Å². The van der Waals surface area contributed by atoms with Crippen molar-refractivity contribution in [3.63, 3.8) is 0 Å². The summed E-state index contributed by atoms with van der Waals surface area (Å²) < 4.78 is 17.4. The van der Waals surface area contributed by atoms with E-state index in [1.807, 2.05) is 0 Å². The predicted molar refractivity (Wildman–Crippen MR) is 43.7 cm³/mol. The molecule has 0 amide bonds. The molecule has 0 saturated carbocycles. The van der Waals surface area contributed by atoms with Crippen LogP contribution in [0.5, 0.6) is 5.75 Å². The maximum Gasteiger partial charge on any atom is 0.125 e. The van der Waals surface area contributed by atoms with Crippen LogP contribution in [0.4, 0.5) is 4.39 Å². The third-order valence-electron chi connectivity index (χ3n) is 1.75. The van der Waals surface area contributed by atoms with Crippen molar-refractivity contribution in [1.29, 1.82) is 0 Å². The molecule has 0 aromatic heterocycles. The van der Waals surface area contributed by atoms with Gasteiger partial charge >= 0.3 is 0 Å². The van der Waals surface area contributed by atoms with Crippen molar-refractivity contribution in [1.82, 2.24) is 0 Å². The van der Waals surface area contributed by atoms with Crippen molar-refractivity contribution in [3.8, 4) is 5.75 Å². The van der Waals surface area contributed by atoms with E-state index in [0.29, 0.717) is 16.9 Å². The van der Waals surface area contributed by atoms with Crippen LogP contribution in [0.25, 0.3) is 0 Å². The van der Waals surface area contributed by atoms with Crippen molar-refractivity contribution in [2.45, 2.75) is 13.3 Å². The summed E-state index contributed by atoms with van der Waals surface area (Å²) in [7, 11) is 1.48. The number of halogens is 1. The number of aliphatic hydroxyl groups is 1. The monoisotopic (exact) mass is 170 g/mol. The molecular formula is C9H11FO2. The van der Waals surface area contributed by atoms with Crippen LogP contribution >= 0.6 is 0 Å². The van der Waals surface area contributed by atoms with Crippen LogP contribution < -0.4 is 4.74 Å². The van der Waals surface area contributed by atoms with Gasteiger partial charge in [-0.25, -0.2) is 4.39 Å². The smallest absolute Gasteiger partial charge is 0.125 e. The van der Waals surface area contributed by atoms with E-state index in [9.17, 15) is 4.39 Å². The van der Waals surface area contributed by atoms with Crippen molar-refractivity contribution >= 4 is 0 Å². The topological polar surface area (TPSA) is 29.5 Å². The summed E-state index contributed by atoms with van der Waals surface area (Å²) in [6.07, 6.45) is 0. The summed E-state index contributed by atoms with van der Waals surface area (Å²) in [5.74, 6) is 0.490. The van der Waals surface area contributed by atoms with E-state index in [1.165, 1.54) is 7.11 Å². The van der Waals surface area contributed by atoms with Crippen LogP contribution in [0.3, 0.4) is 0 Å². The highest BCUT2D eigenvalue weighted by atomic mass is 19.1. The number of hydrogen-bond acceptors (Lipinski definition) is 2. The Morgan fingerprint density at radius 2 is 2.25 bits per heavy atom. The highest BCUT2D eigenvalue weighted by Gasteiger charge is 2.06. The van der Waals surface area contributed by atoms with Gasteiger partial charge in [0.15, 0.2) is 0 Å². The summed E-state index contributed by atoms with van der Waals surface area (Å²) in [4.78, 5) is 0. The van der Waals surface area contributed by atoms with E-state index in [-0.39, 0.29) is 6.61 Å². The molecule has 0 aliphatic carbocycles. The zero-order valence-corrected chi connectivity index (χ0v) is 6.88. The first-order valence-corrected chi connectivity index (χ1v) is 3.65. The minimum atomic E-state index is -0.611. The molecular weight excluding hydrogens is 159 g/mol. The Morgan fingerprint density at radius 3 is 2.75 bits per heavy atom. The molecule has 0 atom stereocenters. The number of methoxy groups -OCH3 is 1. The Hall–Kier alpha value is -1.09. The molecule has 0 radical (unpaired) electrons. The van der Waals surface area contributed by atoms with Crippen LogP contribution in [0.1, 0.15) is 11.1 Å². The lowest BCUT2D eigenvalue weighted by molar-refractivity contribution is 0.277. The van der Waals surface area contributed by atoms with Gasteiger partial charge in [-0.2, -0.15) is 0 Å². The molecule has 1 aromatic rings. The van der Waals surface area contributed by atoms with Crippen LogP contribution in [0.15, 0.2) is 18.2 Å². The quantitative estimate of drug-likeness (QED) is 0.747. The SMILES string of the molecule is COc1cccc(CO)c1CF. The van der Waals surface area contributed by atoms with Gasteiger partial charge < -0.3 is 9.84 Å². The van der Waals surface area contributed by atoms with Crippen molar-refractivity contribution in [2.75, 3.05) is 7.11 Å². The molecule has 0 aliphatic heterocycles. The Bertz CT molecular complexity index is 238. The molecule has 0 saturated heterocycles. The zero-order valence-electron chi connectivity index (χ0n) is 6.88.